The van der Waals surface area contributed by atoms with E-state index in [9.17, 15) is 0 Å². The Morgan fingerprint density at radius 1 is 1.19 bits per heavy atom. The molecular weight excluding hydrogens is 350 g/mol. The largest absolute Gasteiger partial charge is 0.497 e. The molecule has 1 N–H and O–H groups in total. The second kappa shape index (κ2) is 7.83. The van der Waals surface area contributed by atoms with Gasteiger partial charge in [0.1, 0.15) is 5.75 Å². The van der Waals surface area contributed by atoms with Crippen LogP contribution in [-0.4, -0.2) is 13.7 Å². The maximum absolute atomic E-state index is 6.39. The van der Waals surface area contributed by atoms with Crippen LogP contribution in [0.3, 0.4) is 0 Å². The SMILES string of the molecule is CCCNC(c1ccc(OC)cc1)c1cc(Br)ccc1Cl. The lowest BCUT2D eigenvalue weighted by molar-refractivity contribution is 0.414. The van der Waals surface area contributed by atoms with Crippen molar-refractivity contribution in [1.29, 1.82) is 0 Å². The Hall–Kier alpha value is -1.03. The van der Waals surface area contributed by atoms with Crippen LogP contribution in [-0.2, 0) is 0 Å². The van der Waals surface area contributed by atoms with E-state index in [0.717, 1.165) is 33.8 Å². The normalized spacial score (nSPS) is 12.2. The number of ether oxygens (including phenoxy) is 1. The lowest BCUT2D eigenvalue weighted by Gasteiger charge is -2.21. The summed E-state index contributed by atoms with van der Waals surface area (Å²) >= 11 is 9.91. The predicted molar refractivity (Wildman–Crippen MR) is 92.3 cm³/mol. The molecule has 4 heteroatoms. The van der Waals surface area contributed by atoms with E-state index in [1.54, 1.807) is 7.11 Å². The first-order chi connectivity index (χ1) is 10.2. The molecule has 0 saturated carbocycles. The smallest absolute Gasteiger partial charge is 0.118 e. The maximum Gasteiger partial charge on any atom is 0.118 e. The molecule has 0 radical (unpaired) electrons. The third-order valence-electron chi connectivity index (χ3n) is 3.32. The van der Waals surface area contributed by atoms with Crippen molar-refractivity contribution < 1.29 is 4.74 Å². The van der Waals surface area contributed by atoms with Crippen molar-refractivity contribution in [2.45, 2.75) is 19.4 Å². The van der Waals surface area contributed by atoms with Gasteiger partial charge in [-0.3, -0.25) is 0 Å². The van der Waals surface area contributed by atoms with Gasteiger partial charge in [0.05, 0.1) is 13.2 Å². The Kier molecular flexibility index (Phi) is 6.09. The molecule has 0 aliphatic carbocycles. The van der Waals surface area contributed by atoms with Crippen molar-refractivity contribution in [3.63, 3.8) is 0 Å². The minimum Gasteiger partial charge on any atom is -0.497 e. The summed E-state index contributed by atoms with van der Waals surface area (Å²) in [6, 6.07) is 14.1. The number of hydrogen-bond acceptors (Lipinski definition) is 2. The highest BCUT2D eigenvalue weighted by atomic mass is 79.9. The number of hydrogen-bond donors (Lipinski definition) is 1. The Balaban J connectivity index is 2.38. The van der Waals surface area contributed by atoms with E-state index < -0.39 is 0 Å². The standard InChI is InChI=1S/C17H19BrClNO/c1-3-10-20-17(12-4-7-14(21-2)8-5-12)15-11-13(18)6-9-16(15)19/h4-9,11,17,20H,3,10H2,1-2H3. The second-order valence-electron chi connectivity index (χ2n) is 4.83. The lowest BCUT2D eigenvalue weighted by Crippen LogP contribution is -2.23. The van der Waals surface area contributed by atoms with Gasteiger partial charge in [-0.15, -0.1) is 0 Å². The molecule has 0 aliphatic heterocycles. The molecule has 1 atom stereocenters. The minimum atomic E-state index is 0.0702. The van der Waals surface area contributed by atoms with E-state index in [0.29, 0.717) is 0 Å². The molecule has 2 aromatic carbocycles. The fourth-order valence-electron chi connectivity index (χ4n) is 2.23. The van der Waals surface area contributed by atoms with Crippen LogP contribution in [0, 0.1) is 0 Å². The van der Waals surface area contributed by atoms with Crippen molar-refractivity contribution in [1.82, 2.24) is 5.32 Å². The van der Waals surface area contributed by atoms with E-state index in [4.69, 9.17) is 16.3 Å². The Morgan fingerprint density at radius 3 is 2.52 bits per heavy atom. The van der Waals surface area contributed by atoms with Gasteiger partial charge >= 0.3 is 0 Å². The van der Waals surface area contributed by atoms with Crippen LogP contribution in [0.4, 0.5) is 0 Å². The molecule has 0 spiro atoms. The van der Waals surface area contributed by atoms with Gasteiger partial charge in [0.2, 0.25) is 0 Å². The van der Waals surface area contributed by atoms with Crippen LogP contribution in [0.5, 0.6) is 5.75 Å². The summed E-state index contributed by atoms with van der Waals surface area (Å²) < 4.78 is 6.25. The third-order valence-corrected chi connectivity index (χ3v) is 4.15. The molecule has 2 aromatic rings. The van der Waals surface area contributed by atoms with Gasteiger partial charge in [-0.1, -0.05) is 46.6 Å². The average molecular weight is 369 g/mol. The summed E-state index contributed by atoms with van der Waals surface area (Å²) in [7, 11) is 1.67. The van der Waals surface area contributed by atoms with Crippen LogP contribution >= 0.6 is 27.5 Å². The molecule has 112 valence electrons. The molecule has 0 bridgehead atoms. The van der Waals surface area contributed by atoms with Gasteiger partial charge in [-0.25, -0.2) is 0 Å². The van der Waals surface area contributed by atoms with Crippen LogP contribution in [0.15, 0.2) is 46.9 Å². The van der Waals surface area contributed by atoms with Crippen LogP contribution in [0.2, 0.25) is 5.02 Å². The molecule has 0 saturated heterocycles. The monoisotopic (exact) mass is 367 g/mol. The Morgan fingerprint density at radius 2 is 1.90 bits per heavy atom. The molecule has 2 nitrogen and oxygen atoms in total. The zero-order chi connectivity index (χ0) is 15.2. The number of nitrogens with one attached hydrogen (secondary N) is 1. The third kappa shape index (κ3) is 4.22. The first-order valence-electron chi connectivity index (χ1n) is 6.98. The molecule has 1 unspecified atom stereocenters. The number of rotatable bonds is 6. The van der Waals surface area contributed by atoms with E-state index in [2.05, 4.69) is 46.4 Å². The Bertz CT molecular complexity index is 586. The van der Waals surface area contributed by atoms with Crippen molar-refractivity contribution in [3.05, 3.63) is 63.1 Å². The van der Waals surface area contributed by atoms with E-state index in [-0.39, 0.29) is 6.04 Å². The van der Waals surface area contributed by atoms with Crippen LogP contribution < -0.4 is 10.1 Å². The summed E-state index contributed by atoms with van der Waals surface area (Å²) in [6.07, 6.45) is 1.07. The van der Waals surface area contributed by atoms with Gasteiger partial charge in [-0.2, -0.15) is 0 Å². The van der Waals surface area contributed by atoms with Gasteiger partial charge in [0.15, 0.2) is 0 Å². The molecule has 21 heavy (non-hydrogen) atoms. The van der Waals surface area contributed by atoms with Crippen molar-refractivity contribution in [2.24, 2.45) is 0 Å². The first-order valence-corrected chi connectivity index (χ1v) is 8.15. The number of halogens is 2. The number of methoxy groups -OCH3 is 1. The molecular formula is C17H19BrClNO. The average Bonchev–Trinajstić information content (AvgIpc) is 2.51. The predicted octanol–water partition coefficient (Wildman–Crippen LogP) is 5.20. The van der Waals surface area contributed by atoms with E-state index in [1.807, 2.05) is 24.3 Å². The zero-order valence-electron chi connectivity index (χ0n) is 12.2. The Labute approximate surface area is 139 Å². The van der Waals surface area contributed by atoms with Gasteiger partial charge < -0.3 is 10.1 Å². The molecule has 0 heterocycles. The number of benzene rings is 2. The fourth-order valence-corrected chi connectivity index (χ4v) is 2.83. The van der Waals surface area contributed by atoms with Crippen molar-refractivity contribution >= 4 is 27.5 Å². The molecule has 0 amide bonds. The van der Waals surface area contributed by atoms with Gasteiger partial charge in [0, 0.05) is 9.50 Å². The van der Waals surface area contributed by atoms with Gasteiger partial charge in [-0.05, 0) is 54.4 Å². The van der Waals surface area contributed by atoms with Gasteiger partial charge in [0.25, 0.3) is 0 Å². The minimum absolute atomic E-state index is 0.0702. The topological polar surface area (TPSA) is 21.3 Å². The maximum atomic E-state index is 6.39. The highest BCUT2D eigenvalue weighted by molar-refractivity contribution is 9.10. The zero-order valence-corrected chi connectivity index (χ0v) is 14.5. The summed E-state index contributed by atoms with van der Waals surface area (Å²) in [5, 5.41) is 4.33. The quantitative estimate of drug-likeness (QED) is 0.756. The summed E-state index contributed by atoms with van der Waals surface area (Å²) in [5.41, 5.74) is 2.24. The molecule has 2 rings (SSSR count). The van der Waals surface area contributed by atoms with E-state index in [1.165, 1.54) is 5.56 Å². The summed E-state index contributed by atoms with van der Waals surface area (Å²) in [6.45, 7) is 3.08. The van der Waals surface area contributed by atoms with Crippen LogP contribution in [0.1, 0.15) is 30.5 Å². The van der Waals surface area contributed by atoms with Crippen molar-refractivity contribution in [3.8, 4) is 5.75 Å². The summed E-state index contributed by atoms with van der Waals surface area (Å²) in [5.74, 6) is 0.855. The van der Waals surface area contributed by atoms with E-state index >= 15 is 0 Å². The summed E-state index contributed by atoms with van der Waals surface area (Å²) in [4.78, 5) is 0. The molecule has 0 aromatic heterocycles. The fraction of sp³-hybridized carbons (Fsp3) is 0.294. The lowest BCUT2D eigenvalue weighted by atomic mass is 9.98. The second-order valence-corrected chi connectivity index (χ2v) is 6.15. The first kappa shape index (κ1) is 16.3. The van der Waals surface area contributed by atoms with Crippen LogP contribution in [0.25, 0.3) is 0 Å². The van der Waals surface area contributed by atoms with Crippen molar-refractivity contribution in [2.75, 3.05) is 13.7 Å². The molecule has 0 aliphatic rings. The highest BCUT2D eigenvalue weighted by Gasteiger charge is 2.16. The molecule has 0 fully saturated rings. The highest BCUT2D eigenvalue weighted by Crippen LogP contribution is 2.31.